The molecule has 1 aromatic carbocycles. The van der Waals surface area contributed by atoms with E-state index in [9.17, 15) is 0 Å². The van der Waals surface area contributed by atoms with Crippen molar-refractivity contribution in [3.8, 4) is 11.5 Å². The molecule has 0 saturated heterocycles. The summed E-state index contributed by atoms with van der Waals surface area (Å²) >= 11 is 7.51. The average molecular weight is 247 g/mol. The summed E-state index contributed by atoms with van der Waals surface area (Å²) in [6.45, 7) is 0.684. The summed E-state index contributed by atoms with van der Waals surface area (Å²) in [5, 5.41) is 0. The molecule has 1 rings (SSSR count). The third-order valence-electron chi connectivity index (χ3n) is 1.93. The van der Waals surface area contributed by atoms with Crippen LogP contribution in [0.15, 0.2) is 18.2 Å². The molecule has 0 bridgehead atoms. The van der Waals surface area contributed by atoms with Gasteiger partial charge in [0.2, 0.25) is 0 Å². The minimum atomic E-state index is 0.489. The van der Waals surface area contributed by atoms with Crippen LogP contribution in [0.2, 0.25) is 0 Å². The van der Waals surface area contributed by atoms with Crippen LogP contribution < -0.4 is 9.47 Å². The number of thioether (sulfide) groups is 1. The third kappa shape index (κ3) is 3.84. The van der Waals surface area contributed by atoms with E-state index >= 15 is 0 Å². The molecule has 0 N–H and O–H groups in total. The normalized spacial score (nSPS) is 10.1. The predicted octanol–water partition coefficient (Wildman–Crippen LogP) is 3.18. The second-order valence-electron chi connectivity index (χ2n) is 2.96. The van der Waals surface area contributed by atoms with Gasteiger partial charge in [-0.25, -0.2) is 0 Å². The highest BCUT2D eigenvalue weighted by Gasteiger charge is 2.04. The van der Waals surface area contributed by atoms with Crippen molar-refractivity contribution in [3.05, 3.63) is 23.8 Å². The van der Waals surface area contributed by atoms with Gasteiger partial charge in [0.1, 0.15) is 0 Å². The monoisotopic (exact) mass is 246 g/mol. The van der Waals surface area contributed by atoms with E-state index in [1.165, 1.54) is 0 Å². The number of benzene rings is 1. The quantitative estimate of drug-likeness (QED) is 0.568. The Bertz CT molecular complexity index is 305. The lowest BCUT2D eigenvalue weighted by atomic mass is 10.2. The molecule has 0 aliphatic heterocycles. The van der Waals surface area contributed by atoms with Gasteiger partial charge < -0.3 is 9.47 Å². The van der Waals surface area contributed by atoms with Crippen molar-refractivity contribution >= 4 is 23.4 Å². The third-order valence-corrected chi connectivity index (χ3v) is 2.81. The molecule has 0 heterocycles. The molecular weight excluding hydrogens is 232 g/mol. The Morgan fingerprint density at radius 1 is 1.33 bits per heavy atom. The molecule has 0 unspecified atom stereocenters. The van der Waals surface area contributed by atoms with Crippen LogP contribution in [0, 0.1) is 0 Å². The summed E-state index contributed by atoms with van der Waals surface area (Å²) in [5.74, 6) is 2.98. The predicted molar refractivity (Wildman–Crippen MR) is 66.4 cm³/mol. The van der Waals surface area contributed by atoms with Crippen molar-refractivity contribution in [1.29, 1.82) is 0 Å². The van der Waals surface area contributed by atoms with E-state index in [-0.39, 0.29) is 0 Å². The first kappa shape index (κ1) is 12.5. The van der Waals surface area contributed by atoms with E-state index in [0.29, 0.717) is 12.5 Å². The number of methoxy groups -OCH3 is 1. The topological polar surface area (TPSA) is 18.5 Å². The molecule has 0 aliphatic carbocycles. The van der Waals surface area contributed by atoms with Crippen LogP contribution in [-0.4, -0.2) is 25.7 Å². The van der Waals surface area contributed by atoms with Gasteiger partial charge in [-0.3, -0.25) is 0 Å². The summed E-state index contributed by atoms with van der Waals surface area (Å²) in [7, 11) is 1.64. The van der Waals surface area contributed by atoms with E-state index in [1.54, 1.807) is 18.9 Å². The first-order valence-electron chi connectivity index (χ1n) is 4.66. The van der Waals surface area contributed by atoms with E-state index in [0.717, 1.165) is 22.8 Å². The van der Waals surface area contributed by atoms with Gasteiger partial charge >= 0.3 is 0 Å². The van der Waals surface area contributed by atoms with Crippen LogP contribution in [0.5, 0.6) is 11.5 Å². The number of alkyl halides is 1. The molecule has 0 atom stereocenters. The van der Waals surface area contributed by atoms with Crippen molar-refractivity contribution in [1.82, 2.24) is 0 Å². The minimum absolute atomic E-state index is 0.489. The molecule has 0 aliphatic rings. The summed E-state index contributed by atoms with van der Waals surface area (Å²) in [6, 6.07) is 5.74. The van der Waals surface area contributed by atoms with Gasteiger partial charge in [0, 0.05) is 11.6 Å². The summed E-state index contributed by atoms with van der Waals surface area (Å²) in [5.41, 5.74) is 1.04. The molecule has 15 heavy (non-hydrogen) atoms. The molecule has 0 radical (unpaired) electrons. The molecule has 0 aromatic heterocycles. The first-order chi connectivity index (χ1) is 7.31. The molecule has 84 valence electrons. The Hall–Kier alpha value is -0.540. The highest BCUT2D eigenvalue weighted by atomic mass is 35.5. The summed E-state index contributed by atoms with van der Waals surface area (Å²) in [6.07, 6.45) is 2.05. The zero-order valence-corrected chi connectivity index (χ0v) is 10.5. The van der Waals surface area contributed by atoms with E-state index in [1.807, 2.05) is 18.2 Å². The molecular formula is C11H15ClO2S. The molecule has 0 spiro atoms. The maximum Gasteiger partial charge on any atom is 0.161 e. The Morgan fingerprint density at radius 3 is 2.73 bits per heavy atom. The maximum atomic E-state index is 5.76. The van der Waals surface area contributed by atoms with Crippen LogP contribution in [0.3, 0.4) is 0 Å². The van der Waals surface area contributed by atoms with E-state index < -0.39 is 0 Å². The van der Waals surface area contributed by atoms with Gasteiger partial charge in [0.25, 0.3) is 0 Å². The zero-order valence-electron chi connectivity index (χ0n) is 8.96. The Kier molecular flexibility index (Phi) is 5.73. The highest BCUT2D eigenvalue weighted by Crippen LogP contribution is 2.28. The standard InChI is InChI=1S/C11H15ClO2S/c1-13-10-4-3-9(8-12)7-11(10)14-5-6-15-2/h3-4,7H,5-6,8H2,1-2H3. The smallest absolute Gasteiger partial charge is 0.161 e. The Balaban J connectivity index is 2.72. The number of rotatable bonds is 6. The first-order valence-corrected chi connectivity index (χ1v) is 6.59. The van der Waals surface area contributed by atoms with Crippen LogP contribution >= 0.6 is 23.4 Å². The number of halogens is 1. The minimum Gasteiger partial charge on any atom is -0.493 e. The van der Waals surface area contributed by atoms with Crippen LogP contribution in [-0.2, 0) is 5.88 Å². The highest BCUT2D eigenvalue weighted by molar-refractivity contribution is 7.98. The van der Waals surface area contributed by atoms with Crippen LogP contribution in [0.1, 0.15) is 5.56 Å². The fourth-order valence-electron chi connectivity index (χ4n) is 1.15. The van der Waals surface area contributed by atoms with Gasteiger partial charge in [0.05, 0.1) is 13.7 Å². The molecule has 0 amide bonds. The van der Waals surface area contributed by atoms with Crippen molar-refractivity contribution in [2.75, 3.05) is 25.7 Å². The Morgan fingerprint density at radius 2 is 2.13 bits per heavy atom. The van der Waals surface area contributed by atoms with Crippen molar-refractivity contribution in [3.63, 3.8) is 0 Å². The lowest BCUT2D eigenvalue weighted by molar-refractivity contribution is 0.313. The number of hydrogen-bond donors (Lipinski definition) is 0. The van der Waals surface area contributed by atoms with Crippen molar-refractivity contribution < 1.29 is 9.47 Å². The molecule has 1 aromatic rings. The fourth-order valence-corrected chi connectivity index (χ4v) is 1.57. The van der Waals surface area contributed by atoms with Gasteiger partial charge in [-0.2, -0.15) is 11.8 Å². The fraction of sp³-hybridized carbons (Fsp3) is 0.455. The van der Waals surface area contributed by atoms with Crippen molar-refractivity contribution in [2.24, 2.45) is 0 Å². The van der Waals surface area contributed by atoms with E-state index in [4.69, 9.17) is 21.1 Å². The number of ether oxygens (including phenoxy) is 2. The van der Waals surface area contributed by atoms with Gasteiger partial charge in [-0.15, -0.1) is 11.6 Å². The van der Waals surface area contributed by atoms with E-state index in [2.05, 4.69) is 6.26 Å². The maximum absolute atomic E-state index is 5.76. The Labute approximate surface area is 99.9 Å². The van der Waals surface area contributed by atoms with Gasteiger partial charge in [-0.1, -0.05) is 6.07 Å². The van der Waals surface area contributed by atoms with Gasteiger partial charge in [-0.05, 0) is 24.0 Å². The van der Waals surface area contributed by atoms with Crippen molar-refractivity contribution in [2.45, 2.75) is 5.88 Å². The number of hydrogen-bond acceptors (Lipinski definition) is 3. The molecule has 4 heteroatoms. The summed E-state index contributed by atoms with van der Waals surface area (Å²) < 4.78 is 10.8. The van der Waals surface area contributed by atoms with Gasteiger partial charge in [0.15, 0.2) is 11.5 Å². The largest absolute Gasteiger partial charge is 0.493 e. The summed E-state index contributed by atoms with van der Waals surface area (Å²) in [4.78, 5) is 0. The second kappa shape index (κ2) is 6.85. The lowest BCUT2D eigenvalue weighted by Gasteiger charge is -2.11. The molecule has 0 saturated carbocycles. The van der Waals surface area contributed by atoms with Crippen LogP contribution in [0.4, 0.5) is 0 Å². The molecule has 2 nitrogen and oxygen atoms in total. The second-order valence-corrected chi connectivity index (χ2v) is 4.21. The average Bonchev–Trinajstić information content (AvgIpc) is 2.29. The lowest BCUT2D eigenvalue weighted by Crippen LogP contribution is -2.01. The van der Waals surface area contributed by atoms with Crippen LogP contribution in [0.25, 0.3) is 0 Å². The zero-order chi connectivity index (χ0) is 11.1. The molecule has 0 fully saturated rings. The SMILES string of the molecule is COc1ccc(CCl)cc1OCCSC.